The number of furan rings is 1. The highest BCUT2D eigenvalue weighted by Gasteiger charge is 2.61. The molecule has 0 saturated heterocycles. The summed E-state index contributed by atoms with van der Waals surface area (Å²) in [6.07, 6.45) is 6.98. The molecule has 0 unspecified atom stereocenters. The van der Waals surface area contributed by atoms with E-state index in [1.165, 1.54) is 93.4 Å². The predicted molar refractivity (Wildman–Crippen MR) is 273 cm³/mol. The smallest absolute Gasteiger partial charge is 0.135 e. The number of hydrogen-bond donors (Lipinski definition) is 0. The van der Waals surface area contributed by atoms with Crippen LogP contribution >= 0.6 is 0 Å². The van der Waals surface area contributed by atoms with Crippen molar-refractivity contribution in [2.45, 2.75) is 37.5 Å². The van der Waals surface area contributed by atoms with Gasteiger partial charge >= 0.3 is 0 Å². The van der Waals surface area contributed by atoms with Gasteiger partial charge in [0.25, 0.3) is 0 Å². The van der Waals surface area contributed by atoms with E-state index in [-0.39, 0.29) is 5.41 Å². The van der Waals surface area contributed by atoms with Gasteiger partial charge in [0, 0.05) is 33.1 Å². The van der Waals surface area contributed by atoms with Gasteiger partial charge in [-0.05, 0) is 166 Å². The number of nitrogens with zero attached hydrogens (tertiary/aromatic N) is 1. The van der Waals surface area contributed by atoms with Crippen molar-refractivity contribution >= 4 is 39.0 Å². The van der Waals surface area contributed by atoms with Crippen molar-refractivity contribution in [3.05, 3.63) is 223 Å². The van der Waals surface area contributed by atoms with Crippen molar-refractivity contribution < 1.29 is 4.42 Å². The van der Waals surface area contributed by atoms with E-state index in [2.05, 4.69) is 211 Å². The van der Waals surface area contributed by atoms with E-state index in [9.17, 15) is 0 Å². The Bertz CT molecular complexity index is 3480. The van der Waals surface area contributed by atoms with E-state index >= 15 is 0 Å². The second kappa shape index (κ2) is 14.8. The summed E-state index contributed by atoms with van der Waals surface area (Å²) in [5.41, 5.74) is 21.1. The van der Waals surface area contributed by atoms with Crippen LogP contribution in [0.1, 0.15) is 43.2 Å². The lowest BCUT2D eigenvalue weighted by Crippen LogP contribution is -2.55. The van der Waals surface area contributed by atoms with Crippen molar-refractivity contribution in [3.8, 4) is 55.6 Å². The molecule has 2 nitrogen and oxygen atoms in total. The quantitative estimate of drug-likeness (QED) is 0.159. The normalized spacial score (nSPS) is 21.1. The SMILES string of the molecule is c1ccc(-c2ccccc2-c2ccccc2-c2ccccc2N(c2ccc(-c3ccc4oc5ccccc5c4c3)cc2)c2ccc3c(c2)-c2ccccc2C32C3CC4CC(C3)CC2C4)cc1. The number of fused-ring (bicyclic) bond motifs is 6. The van der Waals surface area contributed by atoms with E-state index in [1.807, 2.05) is 6.07 Å². The van der Waals surface area contributed by atoms with Gasteiger partial charge in [-0.15, -0.1) is 0 Å². The molecule has 15 rings (SSSR count). The standard InChI is InChI=1S/C64H49NO/c1-2-14-44(15-3-1)50-16-4-5-17-51(50)52-18-6-7-19-53(52)55-21-9-12-24-61(55)65(48-29-26-43(27-30-48)45-28-33-63-58(39-45)56-22-10-13-25-62(56)66-63)49-31-32-60-57(40-49)54-20-8-11-23-59(54)64(60)46-35-41-34-42(37-46)38-47(64)36-41/h1-33,39-42,46-47H,34-38H2. The molecular formula is C64H49NO. The van der Waals surface area contributed by atoms with Crippen LogP contribution in [0.3, 0.4) is 0 Å². The fourth-order valence-electron chi connectivity index (χ4n) is 13.9. The molecule has 0 radical (unpaired) electrons. The maximum absolute atomic E-state index is 6.22. The van der Waals surface area contributed by atoms with Crippen molar-refractivity contribution in [1.29, 1.82) is 0 Å². The van der Waals surface area contributed by atoms with Gasteiger partial charge in [0.1, 0.15) is 11.2 Å². The maximum atomic E-state index is 6.22. The third-order valence-electron chi connectivity index (χ3n) is 16.3. The van der Waals surface area contributed by atoms with E-state index in [4.69, 9.17) is 4.42 Å². The fraction of sp³-hybridized carbons (Fsp3) is 0.156. The molecule has 0 aliphatic heterocycles. The lowest BCUT2D eigenvalue weighted by molar-refractivity contribution is -0.0399. The zero-order valence-electron chi connectivity index (χ0n) is 36.9. The summed E-state index contributed by atoms with van der Waals surface area (Å²) in [4.78, 5) is 2.52. The Kier molecular flexibility index (Phi) is 8.50. The molecule has 1 aromatic heterocycles. The van der Waals surface area contributed by atoms with Gasteiger partial charge in [0.05, 0.1) is 5.69 Å². The van der Waals surface area contributed by atoms with Gasteiger partial charge in [-0.1, -0.05) is 164 Å². The summed E-state index contributed by atoms with van der Waals surface area (Å²) in [5.74, 6) is 3.26. The highest BCUT2D eigenvalue weighted by molar-refractivity contribution is 6.06. The van der Waals surface area contributed by atoms with Crippen LogP contribution < -0.4 is 4.90 Å². The molecule has 66 heavy (non-hydrogen) atoms. The number of anilines is 3. The first-order valence-electron chi connectivity index (χ1n) is 24.1. The van der Waals surface area contributed by atoms with Crippen molar-refractivity contribution in [2.75, 3.05) is 4.90 Å². The van der Waals surface area contributed by atoms with Gasteiger partial charge in [-0.2, -0.15) is 0 Å². The van der Waals surface area contributed by atoms with E-state index in [0.29, 0.717) is 0 Å². The molecule has 0 amide bonds. The summed E-state index contributed by atoms with van der Waals surface area (Å²) in [7, 11) is 0. The molecule has 5 aliphatic rings. The van der Waals surface area contributed by atoms with Crippen LogP contribution in [0.25, 0.3) is 77.6 Å². The van der Waals surface area contributed by atoms with Crippen LogP contribution in [-0.2, 0) is 5.41 Å². The largest absolute Gasteiger partial charge is 0.456 e. The van der Waals surface area contributed by atoms with Crippen molar-refractivity contribution in [1.82, 2.24) is 0 Å². The summed E-state index contributed by atoms with van der Waals surface area (Å²) in [5, 5.41) is 2.29. The van der Waals surface area contributed by atoms with E-state index in [0.717, 1.165) is 57.0 Å². The van der Waals surface area contributed by atoms with Crippen LogP contribution in [0.5, 0.6) is 0 Å². The first-order chi connectivity index (χ1) is 32.7. The number of para-hydroxylation sites is 2. The van der Waals surface area contributed by atoms with Crippen LogP contribution in [0, 0.1) is 23.7 Å². The second-order valence-electron chi connectivity index (χ2n) is 19.6. The Labute approximate surface area is 386 Å². The topological polar surface area (TPSA) is 16.4 Å². The lowest BCUT2D eigenvalue weighted by atomic mass is 9.43. The molecule has 316 valence electrons. The molecule has 4 bridgehead atoms. The Balaban J connectivity index is 0.948. The monoisotopic (exact) mass is 847 g/mol. The van der Waals surface area contributed by atoms with Gasteiger partial charge in [0.2, 0.25) is 0 Å². The van der Waals surface area contributed by atoms with Crippen molar-refractivity contribution in [3.63, 3.8) is 0 Å². The van der Waals surface area contributed by atoms with Gasteiger partial charge in [-0.3, -0.25) is 0 Å². The number of rotatable bonds is 7. The summed E-state index contributed by atoms with van der Waals surface area (Å²) in [6.45, 7) is 0. The molecular weight excluding hydrogens is 799 g/mol. The highest BCUT2D eigenvalue weighted by Crippen LogP contribution is 2.69. The highest BCUT2D eigenvalue weighted by atomic mass is 16.3. The molecule has 4 fully saturated rings. The Morgan fingerprint density at radius 3 is 1.65 bits per heavy atom. The van der Waals surface area contributed by atoms with Crippen LogP contribution in [0.15, 0.2) is 217 Å². The van der Waals surface area contributed by atoms with Crippen molar-refractivity contribution in [2.24, 2.45) is 23.7 Å². The first-order valence-corrected chi connectivity index (χ1v) is 24.1. The summed E-state index contributed by atoms with van der Waals surface area (Å²) in [6, 6.07) is 78.9. The summed E-state index contributed by atoms with van der Waals surface area (Å²) >= 11 is 0. The van der Waals surface area contributed by atoms with Crippen LogP contribution in [0.2, 0.25) is 0 Å². The third kappa shape index (κ3) is 5.67. The Morgan fingerprint density at radius 1 is 0.348 bits per heavy atom. The van der Waals surface area contributed by atoms with Gasteiger partial charge in [-0.25, -0.2) is 0 Å². The minimum Gasteiger partial charge on any atom is -0.456 e. The van der Waals surface area contributed by atoms with E-state index in [1.54, 1.807) is 11.1 Å². The van der Waals surface area contributed by atoms with Crippen LogP contribution in [-0.4, -0.2) is 0 Å². The first kappa shape index (κ1) is 37.9. The zero-order chi connectivity index (χ0) is 43.3. The Morgan fingerprint density at radius 2 is 0.894 bits per heavy atom. The molecule has 10 aromatic rings. The molecule has 1 heterocycles. The lowest BCUT2D eigenvalue weighted by Gasteiger charge is -2.61. The minimum absolute atomic E-state index is 0.120. The average molecular weight is 848 g/mol. The molecule has 0 N–H and O–H groups in total. The van der Waals surface area contributed by atoms with Gasteiger partial charge < -0.3 is 9.32 Å². The fourth-order valence-corrected chi connectivity index (χ4v) is 13.9. The average Bonchev–Trinajstić information content (AvgIpc) is 3.89. The minimum atomic E-state index is 0.120. The Hall–Kier alpha value is -7.42. The third-order valence-corrected chi connectivity index (χ3v) is 16.3. The zero-order valence-corrected chi connectivity index (χ0v) is 36.9. The van der Waals surface area contributed by atoms with Crippen LogP contribution in [0.4, 0.5) is 17.1 Å². The molecule has 2 heteroatoms. The maximum Gasteiger partial charge on any atom is 0.135 e. The predicted octanol–water partition coefficient (Wildman–Crippen LogP) is 17.4. The molecule has 1 spiro atoms. The molecule has 9 aromatic carbocycles. The van der Waals surface area contributed by atoms with Gasteiger partial charge in [0.15, 0.2) is 0 Å². The summed E-state index contributed by atoms with van der Waals surface area (Å²) < 4.78 is 6.22. The number of hydrogen-bond acceptors (Lipinski definition) is 2. The molecule has 0 atom stereocenters. The van der Waals surface area contributed by atoms with E-state index < -0.39 is 0 Å². The second-order valence-corrected chi connectivity index (χ2v) is 19.6. The molecule has 4 saturated carbocycles. The molecule has 5 aliphatic carbocycles. The number of benzene rings is 9.